The van der Waals surface area contributed by atoms with Gasteiger partial charge in [0.2, 0.25) is 0 Å². The first-order chi connectivity index (χ1) is 7.56. The molecule has 1 N–H and O–H groups in total. The zero-order valence-electron chi connectivity index (χ0n) is 9.10. The Hall–Kier alpha value is -0.730. The van der Waals surface area contributed by atoms with Gasteiger partial charge in [-0.05, 0) is 12.1 Å². The van der Waals surface area contributed by atoms with E-state index in [4.69, 9.17) is 0 Å². The van der Waals surface area contributed by atoms with Gasteiger partial charge in [-0.3, -0.25) is 3.63 Å². The lowest BCUT2D eigenvalue weighted by Gasteiger charge is -2.25. The molecule has 1 rings (SSSR count). The fourth-order valence-electron chi connectivity index (χ4n) is 1.08. The monoisotopic (exact) mass is 289 g/mol. The molecule has 1 aromatic rings. The molecule has 0 unspecified atom stereocenters. The summed E-state index contributed by atoms with van der Waals surface area (Å²) in [7, 11) is -7.83. The molecule has 17 heavy (non-hydrogen) atoms. The average molecular weight is 289 g/mol. The van der Waals surface area contributed by atoms with E-state index in [2.05, 4.69) is 3.63 Å². The van der Waals surface area contributed by atoms with Crippen LogP contribution in [-0.2, 0) is 10.1 Å². The lowest BCUT2D eigenvalue weighted by atomic mass is 10.4. The number of benzene rings is 1. The molecule has 0 fully saturated rings. The Morgan fingerprint density at radius 2 is 1.53 bits per heavy atom. The largest absolute Gasteiger partial charge is 0.572 e. The molecular weight excluding hydrogens is 277 g/mol. The highest BCUT2D eigenvalue weighted by molar-refractivity contribution is 8.31. The van der Waals surface area contributed by atoms with E-state index in [1.807, 2.05) is 0 Å². The number of hydrogen-bond acceptors (Lipinski definition) is 2. The molecular formula is C9H12F3O3S2+. The third-order valence-corrected chi connectivity index (χ3v) is 6.18. The summed E-state index contributed by atoms with van der Waals surface area (Å²) in [6, 6.07) is 8.06. The smallest absolute Gasteiger partial charge is 0.262 e. The zero-order chi connectivity index (χ0) is 13.3. The molecule has 98 valence electrons. The Morgan fingerprint density at radius 3 is 1.94 bits per heavy atom. The molecule has 0 heterocycles. The van der Waals surface area contributed by atoms with E-state index < -0.39 is 25.9 Å². The minimum atomic E-state index is -5.44. The molecule has 0 bridgehead atoms. The van der Waals surface area contributed by atoms with Crippen LogP contribution in [0.4, 0.5) is 13.2 Å². The number of halogens is 3. The van der Waals surface area contributed by atoms with Crippen LogP contribution in [-0.4, -0.2) is 30.1 Å². The Balaban J connectivity index is 3.04. The molecule has 0 aliphatic rings. The number of alkyl halides is 3. The molecule has 0 saturated heterocycles. The van der Waals surface area contributed by atoms with Crippen LogP contribution in [0.2, 0.25) is 0 Å². The van der Waals surface area contributed by atoms with Crippen molar-refractivity contribution in [3.05, 3.63) is 30.3 Å². The van der Waals surface area contributed by atoms with Crippen LogP contribution in [0.25, 0.3) is 0 Å². The Morgan fingerprint density at radius 1 is 1.06 bits per heavy atom. The van der Waals surface area contributed by atoms with Crippen LogP contribution in [0.1, 0.15) is 0 Å². The number of rotatable bonds is 3. The van der Waals surface area contributed by atoms with Gasteiger partial charge in [0.25, 0.3) is 0 Å². The van der Waals surface area contributed by atoms with E-state index in [0.717, 1.165) is 0 Å². The second-order valence-electron chi connectivity index (χ2n) is 3.58. The van der Waals surface area contributed by atoms with Gasteiger partial charge in [-0.15, -0.1) is 8.42 Å². The lowest BCUT2D eigenvalue weighted by Crippen LogP contribution is -2.29. The van der Waals surface area contributed by atoms with E-state index in [1.54, 1.807) is 30.3 Å². The van der Waals surface area contributed by atoms with Crippen LogP contribution in [0.15, 0.2) is 35.2 Å². The fourth-order valence-corrected chi connectivity index (χ4v) is 4.55. The van der Waals surface area contributed by atoms with Gasteiger partial charge in [-0.1, -0.05) is 18.2 Å². The van der Waals surface area contributed by atoms with Crippen molar-refractivity contribution in [2.24, 2.45) is 0 Å². The number of hydrogen-bond donors (Lipinski definition) is 0. The summed E-state index contributed by atoms with van der Waals surface area (Å²) in [6.45, 7) is 0. The highest BCUT2D eigenvalue weighted by atomic mass is 32.3. The normalized spacial score (nSPS) is 14.6. The topological polar surface area (TPSA) is 46.9 Å². The first-order valence-corrected chi connectivity index (χ1v) is 8.25. The predicted octanol–water partition coefficient (Wildman–Crippen LogP) is 2.97. The maximum atomic E-state index is 12.2. The van der Waals surface area contributed by atoms with Crippen molar-refractivity contribution in [1.29, 1.82) is 0 Å². The van der Waals surface area contributed by atoms with E-state index in [1.165, 1.54) is 12.5 Å². The van der Waals surface area contributed by atoms with Crippen molar-refractivity contribution in [2.75, 3.05) is 12.5 Å². The molecule has 3 nitrogen and oxygen atoms in total. The van der Waals surface area contributed by atoms with Crippen molar-refractivity contribution < 1.29 is 25.2 Å². The molecule has 0 aliphatic carbocycles. The third kappa shape index (κ3) is 3.36. The van der Waals surface area contributed by atoms with Crippen molar-refractivity contribution in [2.45, 2.75) is 10.4 Å². The average Bonchev–Trinajstić information content (AvgIpc) is 2.15. The standard InChI is InChI=1S/C9H11F3O3S2/c1-16(2,8-6-4-3-5-7-8)15-17(13,14)9(10,11)12/h3-7H,1-2H3/p+1. The summed E-state index contributed by atoms with van der Waals surface area (Å²) < 4.78 is 61.6. The lowest BCUT2D eigenvalue weighted by molar-refractivity contribution is -0.0539. The molecule has 0 spiro atoms. The Kier molecular flexibility index (Phi) is 3.80. The minimum Gasteiger partial charge on any atom is -0.262 e. The maximum Gasteiger partial charge on any atom is 0.572 e. The van der Waals surface area contributed by atoms with E-state index in [0.29, 0.717) is 4.90 Å². The predicted molar refractivity (Wildman–Crippen MR) is 61.8 cm³/mol. The van der Waals surface area contributed by atoms with Crippen LogP contribution >= 0.6 is 10.3 Å². The van der Waals surface area contributed by atoms with Crippen molar-refractivity contribution in [1.82, 2.24) is 0 Å². The molecule has 1 aromatic carbocycles. The minimum absolute atomic E-state index is 0.479. The molecule has 0 radical (unpaired) electrons. The van der Waals surface area contributed by atoms with Gasteiger partial charge in [-0.2, -0.15) is 13.2 Å². The summed E-state index contributed by atoms with van der Waals surface area (Å²) >= 11 is 0. The second-order valence-corrected chi connectivity index (χ2v) is 8.61. The van der Waals surface area contributed by atoms with Crippen LogP contribution in [0.3, 0.4) is 0 Å². The molecule has 0 amide bonds. The summed E-state index contributed by atoms with van der Waals surface area (Å²) in [4.78, 5) is 0.479. The first-order valence-electron chi connectivity index (χ1n) is 4.40. The van der Waals surface area contributed by atoms with Crippen molar-refractivity contribution in [3.8, 4) is 0 Å². The van der Waals surface area contributed by atoms with Gasteiger partial charge < -0.3 is 0 Å². The summed E-state index contributed by atoms with van der Waals surface area (Å²) in [6.07, 6.45) is 2.79. The van der Waals surface area contributed by atoms with Crippen molar-refractivity contribution in [3.63, 3.8) is 0 Å². The quantitative estimate of drug-likeness (QED) is 0.488. The second kappa shape index (κ2) is 4.51. The van der Waals surface area contributed by atoms with Crippen LogP contribution < -0.4 is 0 Å². The van der Waals surface area contributed by atoms with E-state index in [-0.39, 0.29) is 0 Å². The highest BCUT2D eigenvalue weighted by Gasteiger charge is 2.55. The highest BCUT2D eigenvalue weighted by Crippen LogP contribution is 2.50. The molecule has 8 heteroatoms. The third-order valence-electron chi connectivity index (χ3n) is 1.90. The molecule has 0 saturated carbocycles. The van der Waals surface area contributed by atoms with Gasteiger partial charge >= 0.3 is 15.6 Å². The molecule has 0 atom stereocenters. The van der Waals surface area contributed by atoms with Crippen molar-refractivity contribution >= 4 is 20.4 Å². The Bertz CT molecular complexity index is 480. The fraction of sp³-hybridized carbons (Fsp3) is 0.333. The van der Waals surface area contributed by atoms with Gasteiger partial charge in [0.1, 0.15) is 0 Å². The molecule has 0 aliphatic heterocycles. The van der Waals surface area contributed by atoms with E-state index >= 15 is 0 Å². The van der Waals surface area contributed by atoms with Gasteiger partial charge in [0.15, 0.2) is 0 Å². The maximum absolute atomic E-state index is 12.2. The van der Waals surface area contributed by atoms with Gasteiger partial charge in [0, 0.05) is 22.8 Å². The first kappa shape index (κ1) is 14.3. The summed E-state index contributed by atoms with van der Waals surface area (Å²) in [5.74, 6) is 0. The Labute approximate surface area is 99.2 Å². The summed E-state index contributed by atoms with van der Waals surface area (Å²) in [5, 5.41) is 0. The molecule has 0 aromatic heterocycles. The summed E-state index contributed by atoms with van der Waals surface area (Å²) in [5.41, 5.74) is -5.34. The van der Waals surface area contributed by atoms with Gasteiger partial charge in [-0.25, -0.2) is 0 Å². The van der Waals surface area contributed by atoms with E-state index in [9.17, 15) is 21.6 Å². The zero-order valence-corrected chi connectivity index (χ0v) is 10.7. The van der Waals surface area contributed by atoms with Gasteiger partial charge in [0.05, 0.1) is 4.90 Å². The van der Waals surface area contributed by atoms with Crippen LogP contribution in [0, 0.1) is 0 Å². The van der Waals surface area contributed by atoms with Crippen LogP contribution in [0.5, 0.6) is 0 Å². The SMILES string of the molecule is CS(C)([OH+]S(=O)(=O)C(F)(F)F)c1ccccc1.